The molecule has 1 fully saturated rings. The fourth-order valence-corrected chi connectivity index (χ4v) is 3.16. The molecular weight excluding hydrogens is 229 g/mol. The van der Waals surface area contributed by atoms with Crippen LogP contribution in [0.2, 0.25) is 0 Å². The average Bonchev–Trinajstić information content (AvgIpc) is 2.53. The van der Waals surface area contributed by atoms with Crippen molar-refractivity contribution in [2.75, 3.05) is 5.73 Å². The van der Waals surface area contributed by atoms with Crippen LogP contribution in [-0.4, -0.2) is 9.55 Å². The summed E-state index contributed by atoms with van der Waals surface area (Å²) in [6.45, 7) is 8.84. The van der Waals surface area contributed by atoms with Crippen LogP contribution < -0.4 is 5.73 Å². The lowest BCUT2D eigenvalue weighted by Crippen LogP contribution is -2.05. The largest absolute Gasteiger partial charge is 0.369 e. The Morgan fingerprint density at radius 3 is 2.39 bits per heavy atom. The zero-order chi connectivity index (χ0) is 13.3. The van der Waals surface area contributed by atoms with Gasteiger partial charge in [0.2, 0.25) is 5.95 Å². The number of anilines is 1. The van der Waals surface area contributed by atoms with E-state index in [-0.39, 0.29) is 22.7 Å². The third kappa shape index (κ3) is 1.21. The Labute approximate surface area is 106 Å². The Kier molecular flexibility index (Phi) is 1.95. The number of rotatable bonds is 1. The second kappa shape index (κ2) is 3.05. The SMILES string of the molecule is CC1(C)C(n2c(N)nc3ccc(F)cc32)C1(C)C. The molecule has 0 saturated heterocycles. The van der Waals surface area contributed by atoms with Crippen LogP contribution in [0.25, 0.3) is 11.0 Å². The Morgan fingerprint density at radius 2 is 1.83 bits per heavy atom. The van der Waals surface area contributed by atoms with Crippen LogP contribution in [0.5, 0.6) is 0 Å². The molecule has 0 aliphatic heterocycles. The first-order valence-electron chi connectivity index (χ1n) is 6.20. The standard InChI is InChI=1S/C14H18FN3/c1-13(2)11(14(13,3)4)18-10-7-8(15)5-6-9(10)17-12(18)16/h5-7,11H,1-4H3,(H2,16,17). The van der Waals surface area contributed by atoms with Gasteiger partial charge in [0.1, 0.15) is 5.82 Å². The summed E-state index contributed by atoms with van der Waals surface area (Å²) in [5, 5.41) is 0. The number of nitrogens with two attached hydrogens (primary N) is 1. The van der Waals surface area contributed by atoms with E-state index in [2.05, 4.69) is 32.7 Å². The van der Waals surface area contributed by atoms with Crippen LogP contribution in [0, 0.1) is 16.6 Å². The van der Waals surface area contributed by atoms with E-state index >= 15 is 0 Å². The summed E-state index contributed by atoms with van der Waals surface area (Å²) in [6, 6.07) is 4.88. The third-order valence-corrected chi connectivity index (χ3v) is 4.88. The summed E-state index contributed by atoms with van der Waals surface area (Å²) in [7, 11) is 0. The third-order valence-electron chi connectivity index (χ3n) is 4.88. The van der Waals surface area contributed by atoms with Crippen LogP contribution in [0.4, 0.5) is 10.3 Å². The van der Waals surface area contributed by atoms with Crippen molar-refractivity contribution in [2.24, 2.45) is 10.8 Å². The number of hydrogen-bond donors (Lipinski definition) is 1. The van der Waals surface area contributed by atoms with Gasteiger partial charge in [-0.1, -0.05) is 27.7 Å². The molecule has 1 aromatic carbocycles. The number of benzene rings is 1. The van der Waals surface area contributed by atoms with Gasteiger partial charge < -0.3 is 10.3 Å². The molecule has 1 aliphatic carbocycles. The van der Waals surface area contributed by atoms with Crippen molar-refractivity contribution in [3.8, 4) is 0 Å². The van der Waals surface area contributed by atoms with E-state index in [1.54, 1.807) is 6.07 Å². The number of nitrogen functional groups attached to an aromatic ring is 1. The van der Waals surface area contributed by atoms with Crippen molar-refractivity contribution >= 4 is 17.0 Å². The number of fused-ring (bicyclic) bond motifs is 1. The molecule has 0 amide bonds. The van der Waals surface area contributed by atoms with E-state index < -0.39 is 0 Å². The first-order chi connectivity index (χ1) is 8.26. The summed E-state index contributed by atoms with van der Waals surface area (Å²) in [5.74, 6) is 0.221. The molecule has 0 bridgehead atoms. The molecule has 1 aliphatic rings. The molecule has 18 heavy (non-hydrogen) atoms. The van der Waals surface area contributed by atoms with E-state index in [9.17, 15) is 4.39 Å². The van der Waals surface area contributed by atoms with E-state index in [0.29, 0.717) is 5.95 Å². The van der Waals surface area contributed by atoms with E-state index in [4.69, 9.17) is 5.73 Å². The van der Waals surface area contributed by atoms with Crippen LogP contribution in [0.1, 0.15) is 33.7 Å². The molecule has 0 spiro atoms. The molecule has 2 N–H and O–H groups in total. The first kappa shape index (κ1) is 11.5. The van der Waals surface area contributed by atoms with E-state index in [0.717, 1.165) is 11.0 Å². The fraction of sp³-hybridized carbons (Fsp3) is 0.500. The summed E-state index contributed by atoms with van der Waals surface area (Å²) >= 11 is 0. The topological polar surface area (TPSA) is 43.8 Å². The molecule has 2 aromatic rings. The maximum Gasteiger partial charge on any atom is 0.201 e. The molecule has 0 radical (unpaired) electrons. The van der Waals surface area contributed by atoms with Gasteiger partial charge in [-0.25, -0.2) is 9.37 Å². The Hall–Kier alpha value is -1.58. The Balaban J connectivity index is 2.25. The second-order valence-electron chi connectivity index (χ2n) is 6.32. The predicted octanol–water partition coefficient (Wildman–Crippen LogP) is 3.36. The monoisotopic (exact) mass is 247 g/mol. The fourth-order valence-electron chi connectivity index (χ4n) is 3.16. The normalized spacial score (nSPS) is 21.4. The molecule has 3 rings (SSSR count). The van der Waals surface area contributed by atoms with Gasteiger partial charge in [0.25, 0.3) is 0 Å². The highest BCUT2D eigenvalue weighted by Crippen LogP contribution is 2.72. The van der Waals surface area contributed by atoms with Gasteiger partial charge in [-0.05, 0) is 29.0 Å². The minimum atomic E-state index is -0.250. The highest BCUT2D eigenvalue weighted by atomic mass is 19.1. The second-order valence-corrected chi connectivity index (χ2v) is 6.32. The molecule has 1 heterocycles. The molecule has 0 unspecified atom stereocenters. The summed E-state index contributed by atoms with van der Waals surface area (Å²) < 4.78 is 15.4. The molecular formula is C14H18FN3. The number of nitrogens with zero attached hydrogens (tertiary/aromatic N) is 2. The number of halogens is 1. The molecule has 0 atom stereocenters. The van der Waals surface area contributed by atoms with Crippen molar-refractivity contribution < 1.29 is 4.39 Å². The van der Waals surface area contributed by atoms with Gasteiger partial charge in [-0.15, -0.1) is 0 Å². The van der Waals surface area contributed by atoms with Crippen molar-refractivity contribution in [2.45, 2.75) is 33.7 Å². The maximum atomic E-state index is 13.4. The zero-order valence-electron chi connectivity index (χ0n) is 11.2. The predicted molar refractivity (Wildman–Crippen MR) is 70.7 cm³/mol. The zero-order valence-corrected chi connectivity index (χ0v) is 11.2. The minimum absolute atomic E-state index is 0.140. The summed E-state index contributed by atoms with van der Waals surface area (Å²) in [6.07, 6.45) is 0. The van der Waals surface area contributed by atoms with Gasteiger partial charge in [0, 0.05) is 6.04 Å². The lowest BCUT2D eigenvalue weighted by atomic mass is 10.0. The Morgan fingerprint density at radius 1 is 1.22 bits per heavy atom. The van der Waals surface area contributed by atoms with Crippen molar-refractivity contribution in [1.82, 2.24) is 9.55 Å². The average molecular weight is 247 g/mol. The number of aromatic nitrogens is 2. The van der Waals surface area contributed by atoms with Gasteiger partial charge >= 0.3 is 0 Å². The van der Waals surface area contributed by atoms with Gasteiger partial charge in [0.15, 0.2) is 0 Å². The highest BCUT2D eigenvalue weighted by molar-refractivity contribution is 5.79. The number of hydrogen-bond acceptors (Lipinski definition) is 2. The van der Waals surface area contributed by atoms with Gasteiger partial charge in [0.05, 0.1) is 11.0 Å². The lowest BCUT2D eigenvalue weighted by molar-refractivity contribution is 0.457. The maximum absolute atomic E-state index is 13.4. The smallest absolute Gasteiger partial charge is 0.201 e. The molecule has 4 heteroatoms. The van der Waals surface area contributed by atoms with Gasteiger partial charge in [-0.3, -0.25) is 0 Å². The van der Waals surface area contributed by atoms with Crippen LogP contribution in [0.15, 0.2) is 18.2 Å². The van der Waals surface area contributed by atoms with Crippen LogP contribution in [0.3, 0.4) is 0 Å². The quantitative estimate of drug-likeness (QED) is 0.839. The molecule has 1 saturated carbocycles. The van der Waals surface area contributed by atoms with Crippen LogP contribution in [-0.2, 0) is 0 Å². The van der Waals surface area contributed by atoms with Crippen molar-refractivity contribution in [1.29, 1.82) is 0 Å². The minimum Gasteiger partial charge on any atom is -0.369 e. The van der Waals surface area contributed by atoms with Gasteiger partial charge in [-0.2, -0.15) is 0 Å². The summed E-state index contributed by atoms with van der Waals surface area (Å²) in [4.78, 5) is 4.32. The first-order valence-corrected chi connectivity index (χ1v) is 6.20. The van der Waals surface area contributed by atoms with Crippen molar-refractivity contribution in [3.05, 3.63) is 24.0 Å². The highest BCUT2D eigenvalue weighted by Gasteiger charge is 2.66. The Bertz CT molecular complexity index is 626. The summed E-state index contributed by atoms with van der Waals surface area (Å²) in [5.41, 5.74) is 7.84. The molecule has 3 nitrogen and oxygen atoms in total. The molecule has 1 aromatic heterocycles. The van der Waals surface area contributed by atoms with Crippen molar-refractivity contribution in [3.63, 3.8) is 0 Å². The lowest BCUT2D eigenvalue weighted by Gasteiger charge is -2.08. The molecule has 96 valence electrons. The van der Waals surface area contributed by atoms with E-state index in [1.807, 2.05) is 4.57 Å². The van der Waals surface area contributed by atoms with Crippen LogP contribution >= 0.6 is 0 Å². The van der Waals surface area contributed by atoms with E-state index in [1.165, 1.54) is 12.1 Å². The number of imidazole rings is 1.